The number of hydrogen-bond acceptors (Lipinski definition) is 3. The Morgan fingerprint density at radius 2 is 1.76 bits per heavy atom. The Morgan fingerprint density at radius 1 is 1.10 bits per heavy atom. The summed E-state index contributed by atoms with van der Waals surface area (Å²) in [6, 6.07) is 5.85. The van der Waals surface area contributed by atoms with Crippen LogP contribution in [0.5, 0.6) is 0 Å². The molecule has 0 bridgehead atoms. The SMILES string of the molecule is CCN(CC)CCCN(CC)c1ccc([C@@H](C)O)cc1Cl. The molecule has 0 spiro atoms. The highest BCUT2D eigenvalue weighted by Gasteiger charge is 2.11. The molecule has 1 aromatic carbocycles. The van der Waals surface area contributed by atoms with Crippen molar-refractivity contribution in [1.82, 2.24) is 4.90 Å². The third-order valence-electron chi connectivity index (χ3n) is 3.97. The fourth-order valence-electron chi connectivity index (χ4n) is 2.51. The van der Waals surface area contributed by atoms with Gasteiger partial charge in [-0.15, -0.1) is 0 Å². The van der Waals surface area contributed by atoms with Gasteiger partial charge in [0.15, 0.2) is 0 Å². The highest BCUT2D eigenvalue weighted by atomic mass is 35.5. The number of aliphatic hydroxyl groups excluding tert-OH is 1. The highest BCUT2D eigenvalue weighted by Crippen LogP contribution is 2.29. The Hall–Kier alpha value is -0.770. The lowest BCUT2D eigenvalue weighted by Crippen LogP contribution is -2.30. The molecule has 0 heterocycles. The lowest BCUT2D eigenvalue weighted by molar-refractivity contribution is 0.199. The van der Waals surface area contributed by atoms with Gasteiger partial charge in [0.1, 0.15) is 0 Å². The first-order valence-corrected chi connectivity index (χ1v) is 8.36. The second-order valence-electron chi connectivity index (χ2n) is 5.35. The fourth-order valence-corrected chi connectivity index (χ4v) is 2.82. The van der Waals surface area contributed by atoms with Crippen LogP contribution < -0.4 is 4.90 Å². The van der Waals surface area contributed by atoms with Crippen LogP contribution in [0.1, 0.15) is 45.8 Å². The third-order valence-corrected chi connectivity index (χ3v) is 4.28. The van der Waals surface area contributed by atoms with Crippen LogP contribution in [-0.4, -0.2) is 42.7 Å². The predicted molar refractivity (Wildman–Crippen MR) is 92.4 cm³/mol. The zero-order chi connectivity index (χ0) is 15.8. The molecule has 21 heavy (non-hydrogen) atoms. The summed E-state index contributed by atoms with van der Waals surface area (Å²) in [5.74, 6) is 0. The van der Waals surface area contributed by atoms with E-state index in [0.29, 0.717) is 0 Å². The first-order chi connectivity index (χ1) is 10.0. The van der Waals surface area contributed by atoms with Gasteiger partial charge in [-0.2, -0.15) is 0 Å². The maximum absolute atomic E-state index is 9.61. The molecule has 0 unspecified atom stereocenters. The summed E-state index contributed by atoms with van der Waals surface area (Å²) in [5, 5.41) is 10.3. The summed E-state index contributed by atoms with van der Waals surface area (Å²) >= 11 is 6.38. The van der Waals surface area contributed by atoms with E-state index in [1.807, 2.05) is 18.2 Å². The molecule has 1 aromatic rings. The second kappa shape index (κ2) is 9.29. The van der Waals surface area contributed by atoms with E-state index in [4.69, 9.17) is 11.6 Å². The van der Waals surface area contributed by atoms with Gasteiger partial charge in [-0.1, -0.05) is 31.5 Å². The van der Waals surface area contributed by atoms with Gasteiger partial charge in [0.25, 0.3) is 0 Å². The Bertz CT molecular complexity index is 419. The molecule has 0 aliphatic rings. The molecule has 0 aromatic heterocycles. The average Bonchev–Trinajstić information content (AvgIpc) is 2.48. The Labute approximate surface area is 134 Å². The molecule has 4 heteroatoms. The molecular weight excluding hydrogens is 284 g/mol. The Kier molecular flexibility index (Phi) is 8.09. The van der Waals surface area contributed by atoms with Gasteiger partial charge in [-0.3, -0.25) is 0 Å². The first kappa shape index (κ1) is 18.3. The minimum Gasteiger partial charge on any atom is -0.389 e. The van der Waals surface area contributed by atoms with E-state index in [1.54, 1.807) is 6.92 Å². The number of nitrogens with zero attached hydrogens (tertiary/aromatic N) is 2. The number of halogens is 1. The molecule has 0 saturated carbocycles. The molecule has 3 nitrogen and oxygen atoms in total. The second-order valence-corrected chi connectivity index (χ2v) is 5.75. The summed E-state index contributed by atoms with van der Waals surface area (Å²) in [4.78, 5) is 4.74. The van der Waals surface area contributed by atoms with Crippen molar-refractivity contribution in [1.29, 1.82) is 0 Å². The molecule has 0 aliphatic carbocycles. The average molecular weight is 313 g/mol. The minimum absolute atomic E-state index is 0.478. The van der Waals surface area contributed by atoms with Crippen LogP contribution in [-0.2, 0) is 0 Å². The molecule has 0 fully saturated rings. The minimum atomic E-state index is -0.478. The summed E-state index contributed by atoms with van der Waals surface area (Å²) < 4.78 is 0. The van der Waals surface area contributed by atoms with Crippen molar-refractivity contribution in [3.8, 4) is 0 Å². The highest BCUT2D eigenvalue weighted by molar-refractivity contribution is 6.33. The number of anilines is 1. The van der Waals surface area contributed by atoms with E-state index in [1.165, 1.54) is 0 Å². The van der Waals surface area contributed by atoms with E-state index in [-0.39, 0.29) is 0 Å². The molecule has 1 atom stereocenters. The Morgan fingerprint density at radius 3 is 2.24 bits per heavy atom. The van der Waals surface area contributed by atoms with Gasteiger partial charge in [-0.25, -0.2) is 0 Å². The number of rotatable bonds is 9. The van der Waals surface area contributed by atoms with E-state index < -0.39 is 6.10 Å². The van der Waals surface area contributed by atoms with Gasteiger partial charge in [0.05, 0.1) is 16.8 Å². The van der Waals surface area contributed by atoms with Crippen LogP contribution in [0.3, 0.4) is 0 Å². The summed E-state index contributed by atoms with van der Waals surface area (Å²) in [6.07, 6.45) is 0.651. The van der Waals surface area contributed by atoms with Crippen molar-refractivity contribution < 1.29 is 5.11 Å². The third kappa shape index (κ3) is 5.50. The van der Waals surface area contributed by atoms with Crippen LogP contribution in [0.15, 0.2) is 18.2 Å². The van der Waals surface area contributed by atoms with Crippen LogP contribution >= 0.6 is 11.6 Å². The van der Waals surface area contributed by atoms with Gasteiger partial charge in [0, 0.05) is 13.1 Å². The summed E-state index contributed by atoms with van der Waals surface area (Å²) in [5.41, 5.74) is 1.92. The van der Waals surface area contributed by atoms with E-state index in [2.05, 4.69) is 30.6 Å². The van der Waals surface area contributed by atoms with E-state index in [9.17, 15) is 5.11 Å². The lowest BCUT2D eigenvalue weighted by Gasteiger charge is -2.26. The zero-order valence-electron chi connectivity index (χ0n) is 13.8. The number of benzene rings is 1. The van der Waals surface area contributed by atoms with E-state index in [0.717, 1.165) is 55.4 Å². The van der Waals surface area contributed by atoms with Crippen LogP contribution in [0.4, 0.5) is 5.69 Å². The van der Waals surface area contributed by atoms with Gasteiger partial charge >= 0.3 is 0 Å². The Balaban J connectivity index is 2.67. The molecule has 1 N–H and O–H groups in total. The monoisotopic (exact) mass is 312 g/mol. The molecule has 0 aliphatic heterocycles. The van der Waals surface area contributed by atoms with Crippen LogP contribution in [0.2, 0.25) is 5.02 Å². The van der Waals surface area contributed by atoms with Crippen molar-refractivity contribution in [3.63, 3.8) is 0 Å². The molecule has 120 valence electrons. The smallest absolute Gasteiger partial charge is 0.0762 e. The first-order valence-electron chi connectivity index (χ1n) is 7.98. The molecule has 1 rings (SSSR count). The molecule has 0 radical (unpaired) electrons. The van der Waals surface area contributed by atoms with Gasteiger partial charge in [-0.05, 0) is 57.6 Å². The van der Waals surface area contributed by atoms with Crippen molar-refractivity contribution >= 4 is 17.3 Å². The predicted octanol–water partition coefficient (Wildman–Crippen LogP) is 3.95. The molecule has 0 saturated heterocycles. The van der Waals surface area contributed by atoms with Gasteiger partial charge in [0.2, 0.25) is 0 Å². The standard InChI is InChI=1S/C17H29ClN2O/c1-5-19(6-2)11-8-12-20(7-3)17-10-9-15(14(4)21)13-16(17)18/h9-10,13-14,21H,5-8,11-12H2,1-4H3/t14-/m1/s1. The lowest BCUT2D eigenvalue weighted by atomic mass is 10.1. The zero-order valence-corrected chi connectivity index (χ0v) is 14.5. The number of hydrogen-bond donors (Lipinski definition) is 1. The van der Waals surface area contributed by atoms with Crippen molar-refractivity contribution in [2.75, 3.05) is 37.6 Å². The maximum Gasteiger partial charge on any atom is 0.0762 e. The van der Waals surface area contributed by atoms with Crippen molar-refractivity contribution in [3.05, 3.63) is 28.8 Å². The maximum atomic E-state index is 9.61. The number of aliphatic hydroxyl groups is 1. The van der Waals surface area contributed by atoms with E-state index >= 15 is 0 Å². The van der Waals surface area contributed by atoms with Crippen molar-refractivity contribution in [2.24, 2.45) is 0 Å². The summed E-state index contributed by atoms with van der Waals surface area (Å²) in [7, 11) is 0. The fraction of sp³-hybridized carbons (Fsp3) is 0.647. The summed E-state index contributed by atoms with van der Waals surface area (Å²) in [6.45, 7) is 13.6. The van der Waals surface area contributed by atoms with Crippen LogP contribution in [0.25, 0.3) is 0 Å². The quantitative estimate of drug-likeness (QED) is 0.748. The van der Waals surface area contributed by atoms with Crippen molar-refractivity contribution in [2.45, 2.75) is 40.2 Å². The van der Waals surface area contributed by atoms with Crippen LogP contribution in [0, 0.1) is 0 Å². The largest absolute Gasteiger partial charge is 0.389 e. The van der Waals surface area contributed by atoms with Gasteiger partial charge < -0.3 is 14.9 Å². The molecular formula is C17H29ClN2O. The normalized spacial score (nSPS) is 12.7. The topological polar surface area (TPSA) is 26.7 Å². The molecule has 0 amide bonds.